The summed E-state index contributed by atoms with van der Waals surface area (Å²) >= 11 is -0.987. The van der Waals surface area contributed by atoms with Crippen molar-refractivity contribution in [3.63, 3.8) is 0 Å². The Balaban J connectivity index is 1.06. The van der Waals surface area contributed by atoms with Gasteiger partial charge in [-0.15, -0.1) is 5.10 Å². The first kappa shape index (κ1) is 29.2. The van der Waals surface area contributed by atoms with Crippen LogP contribution in [0.4, 0.5) is 20.4 Å². The van der Waals surface area contributed by atoms with E-state index in [1.165, 1.54) is 26.3 Å². The van der Waals surface area contributed by atoms with Crippen LogP contribution < -0.4 is 16.3 Å². The van der Waals surface area contributed by atoms with Crippen LogP contribution in [0.1, 0.15) is 10.4 Å². The van der Waals surface area contributed by atoms with Gasteiger partial charge in [0, 0.05) is 52.4 Å². The Kier molecular flexibility index (Phi) is 7.45. The number of fused-ring (bicyclic) bond motifs is 3. The molecular weight excluding hydrogens is 610 g/mol. The van der Waals surface area contributed by atoms with Crippen molar-refractivity contribution < 1.29 is 22.5 Å². The molecule has 0 radical (unpaired) electrons. The van der Waals surface area contributed by atoms with Gasteiger partial charge in [0.1, 0.15) is 28.7 Å². The van der Waals surface area contributed by atoms with Crippen molar-refractivity contribution in [2.75, 3.05) is 68.0 Å². The summed E-state index contributed by atoms with van der Waals surface area (Å²) in [6.07, 6.45) is 1.51. The Hall–Kier alpha value is -4.48. The molecule has 2 fully saturated rings. The molecule has 7 rings (SSSR count). The number of hydrogen-bond acceptors (Lipinski definition) is 10. The number of halogens is 2. The first-order valence-corrected chi connectivity index (χ1v) is 15.9. The maximum atomic E-state index is 14.9. The lowest BCUT2D eigenvalue weighted by molar-refractivity contribution is 0.0765. The smallest absolute Gasteiger partial charge is 0.330 e. The second-order valence-electron chi connectivity index (χ2n) is 11.0. The van der Waals surface area contributed by atoms with E-state index in [9.17, 15) is 22.9 Å². The first-order chi connectivity index (χ1) is 21.7. The molecule has 1 amide bonds. The van der Waals surface area contributed by atoms with E-state index >= 15 is 0 Å². The third kappa shape index (κ3) is 5.19. The molecule has 236 valence electrons. The maximum Gasteiger partial charge on any atom is 0.330 e. The summed E-state index contributed by atoms with van der Waals surface area (Å²) in [5.74, 6) is -0.647. The number of carbonyl (C=O) groups excluding carboxylic acids is 1. The minimum absolute atomic E-state index is 0.0743. The van der Waals surface area contributed by atoms with Gasteiger partial charge in [0.15, 0.2) is 17.1 Å². The van der Waals surface area contributed by atoms with E-state index < -0.39 is 28.7 Å². The standard InChI is InChI=1S/C28H30F2N10O4S/c1-35-22-24(33-27(31)40-25(22)32-23(34-40)21-3-2-12-44-21)39(28(35)42)9-6-36-4-7-37(8-5-36)20-15-17(18(29)16-19(20)30)26(41)38-10-13-45(43)14-11-38/h2-3,12,15-16H,4-11,13-14H2,1H3,(H2,31,33). The number of anilines is 2. The number of furan rings is 1. The van der Waals surface area contributed by atoms with Gasteiger partial charge < -0.3 is 24.5 Å². The van der Waals surface area contributed by atoms with Gasteiger partial charge in [0.25, 0.3) is 5.91 Å². The monoisotopic (exact) mass is 640 g/mol. The molecule has 14 nitrogen and oxygen atoms in total. The second kappa shape index (κ2) is 11.5. The van der Waals surface area contributed by atoms with Gasteiger partial charge in [-0.25, -0.2) is 18.6 Å². The van der Waals surface area contributed by atoms with Gasteiger partial charge in [-0.05, 0) is 18.2 Å². The molecule has 2 aliphatic heterocycles. The molecule has 2 N–H and O–H groups in total. The maximum absolute atomic E-state index is 14.9. The number of rotatable bonds is 6. The zero-order valence-corrected chi connectivity index (χ0v) is 25.2. The van der Waals surface area contributed by atoms with Gasteiger partial charge in [0.2, 0.25) is 11.8 Å². The van der Waals surface area contributed by atoms with Crippen LogP contribution in [0.3, 0.4) is 0 Å². The van der Waals surface area contributed by atoms with E-state index in [2.05, 4.69) is 20.0 Å². The van der Waals surface area contributed by atoms with Crippen LogP contribution in [0.15, 0.2) is 39.7 Å². The fourth-order valence-electron chi connectivity index (χ4n) is 5.91. The number of nitrogens with zero attached hydrogens (tertiary/aromatic N) is 9. The number of imidazole rings is 1. The number of benzene rings is 1. The number of amides is 1. The zero-order chi connectivity index (χ0) is 31.4. The Morgan fingerprint density at radius 1 is 1.04 bits per heavy atom. The second-order valence-corrected chi connectivity index (χ2v) is 12.7. The van der Waals surface area contributed by atoms with E-state index in [4.69, 9.17) is 10.2 Å². The molecule has 0 atom stereocenters. The number of aryl methyl sites for hydroxylation is 1. The first-order valence-electron chi connectivity index (χ1n) is 14.5. The molecule has 6 heterocycles. The fourth-order valence-corrected chi connectivity index (χ4v) is 6.96. The number of aromatic nitrogens is 6. The minimum Gasteiger partial charge on any atom is -0.616 e. The van der Waals surface area contributed by atoms with Crippen molar-refractivity contribution in [3.8, 4) is 11.6 Å². The fraction of sp³-hybridized carbons (Fsp3) is 0.393. The molecule has 2 saturated heterocycles. The van der Waals surface area contributed by atoms with Gasteiger partial charge in [-0.1, -0.05) is 11.2 Å². The van der Waals surface area contributed by atoms with E-state index in [1.807, 2.05) is 0 Å². The van der Waals surface area contributed by atoms with Gasteiger partial charge in [-0.2, -0.15) is 9.50 Å². The molecule has 0 bridgehead atoms. The van der Waals surface area contributed by atoms with Crippen LogP contribution in [0, 0.1) is 11.6 Å². The van der Waals surface area contributed by atoms with Crippen LogP contribution in [-0.2, 0) is 24.8 Å². The van der Waals surface area contributed by atoms with Crippen LogP contribution in [-0.4, -0.2) is 106 Å². The molecule has 4 aromatic heterocycles. The van der Waals surface area contributed by atoms with Crippen molar-refractivity contribution in [2.24, 2.45) is 7.05 Å². The van der Waals surface area contributed by atoms with Crippen molar-refractivity contribution in [1.82, 2.24) is 38.5 Å². The summed E-state index contributed by atoms with van der Waals surface area (Å²) < 4.78 is 51.1. The highest BCUT2D eigenvalue weighted by molar-refractivity contribution is 7.91. The normalized spacial score (nSPS) is 16.8. The van der Waals surface area contributed by atoms with Gasteiger partial charge in [-0.3, -0.25) is 18.8 Å². The third-order valence-electron chi connectivity index (χ3n) is 8.40. The molecule has 0 aliphatic carbocycles. The Bertz CT molecular complexity index is 1960. The quantitative estimate of drug-likeness (QED) is 0.265. The average molecular weight is 641 g/mol. The highest BCUT2D eigenvalue weighted by Crippen LogP contribution is 2.27. The van der Waals surface area contributed by atoms with Gasteiger partial charge >= 0.3 is 5.69 Å². The minimum atomic E-state index is -0.987. The predicted octanol–water partition coefficient (Wildman–Crippen LogP) is 0.925. The van der Waals surface area contributed by atoms with E-state index in [0.717, 1.165) is 6.07 Å². The topological polar surface area (TPSA) is 159 Å². The molecule has 2 aliphatic rings. The summed E-state index contributed by atoms with van der Waals surface area (Å²) in [7, 11) is 1.64. The lowest BCUT2D eigenvalue weighted by Gasteiger charge is -2.36. The SMILES string of the molecule is Cn1c(=O)n(CCN2CCN(c3cc(C(=O)N4CC[S+]([O-])CC4)c(F)cc3F)CC2)c2nc(N)n3nc(-c4ccco4)nc3c21. The molecule has 45 heavy (non-hydrogen) atoms. The van der Waals surface area contributed by atoms with E-state index in [-0.39, 0.29) is 36.0 Å². The lowest BCUT2D eigenvalue weighted by atomic mass is 10.1. The highest BCUT2D eigenvalue weighted by Gasteiger charge is 2.29. The molecule has 0 unspecified atom stereocenters. The molecule has 0 saturated carbocycles. The zero-order valence-electron chi connectivity index (χ0n) is 24.4. The van der Waals surface area contributed by atoms with Crippen molar-refractivity contribution in [3.05, 3.63) is 58.2 Å². The number of piperazine rings is 1. The number of nitrogens with two attached hydrogens (primary N) is 1. The number of hydrogen-bond donors (Lipinski definition) is 1. The summed E-state index contributed by atoms with van der Waals surface area (Å²) in [5, 5.41) is 4.40. The molecule has 17 heteroatoms. The van der Waals surface area contributed by atoms with Crippen LogP contribution >= 0.6 is 0 Å². The number of nitrogen functional groups attached to an aromatic ring is 1. The van der Waals surface area contributed by atoms with Crippen LogP contribution in [0.5, 0.6) is 0 Å². The van der Waals surface area contributed by atoms with Crippen LogP contribution in [0.25, 0.3) is 28.4 Å². The highest BCUT2D eigenvalue weighted by atomic mass is 32.2. The predicted molar refractivity (Wildman–Crippen MR) is 162 cm³/mol. The van der Waals surface area contributed by atoms with E-state index in [1.54, 1.807) is 28.6 Å². The summed E-state index contributed by atoms with van der Waals surface area (Å²) in [6, 6.07) is 5.49. The number of carbonyl (C=O) groups is 1. The van der Waals surface area contributed by atoms with Gasteiger partial charge in [0.05, 0.1) is 30.6 Å². The summed E-state index contributed by atoms with van der Waals surface area (Å²) in [5.41, 5.74) is 7.15. The lowest BCUT2D eigenvalue weighted by Crippen LogP contribution is -2.48. The summed E-state index contributed by atoms with van der Waals surface area (Å²) in [6.45, 7) is 3.34. The van der Waals surface area contributed by atoms with Crippen molar-refractivity contribution in [1.29, 1.82) is 0 Å². The third-order valence-corrected chi connectivity index (χ3v) is 9.68. The molecular formula is C28H30F2N10O4S. The molecule has 1 aromatic carbocycles. The Morgan fingerprint density at radius 2 is 1.80 bits per heavy atom. The Morgan fingerprint density at radius 3 is 2.51 bits per heavy atom. The Labute approximate surface area is 257 Å². The van der Waals surface area contributed by atoms with Crippen molar-refractivity contribution >= 4 is 45.5 Å². The van der Waals surface area contributed by atoms with Crippen molar-refractivity contribution in [2.45, 2.75) is 6.54 Å². The molecule has 0 spiro atoms. The van der Waals surface area contributed by atoms with E-state index in [0.29, 0.717) is 79.2 Å². The molecule has 5 aromatic rings. The largest absolute Gasteiger partial charge is 0.616 e. The summed E-state index contributed by atoms with van der Waals surface area (Å²) in [4.78, 5) is 40.7. The van der Waals surface area contributed by atoms with Crippen LogP contribution in [0.2, 0.25) is 0 Å². The average Bonchev–Trinajstić information content (AvgIpc) is 3.77.